The summed E-state index contributed by atoms with van der Waals surface area (Å²) in [7, 11) is -2.17. The monoisotopic (exact) mass is 617 g/mol. The van der Waals surface area contributed by atoms with Crippen LogP contribution in [-0.2, 0) is 27.6 Å². The van der Waals surface area contributed by atoms with E-state index in [1.807, 2.05) is 25.1 Å². The van der Waals surface area contributed by atoms with Crippen molar-refractivity contribution in [2.45, 2.75) is 43.4 Å². The number of carbonyl (C=O) groups excluding carboxylic acids is 1. The van der Waals surface area contributed by atoms with Crippen LogP contribution in [0.2, 0.25) is 0 Å². The van der Waals surface area contributed by atoms with E-state index in [0.717, 1.165) is 36.4 Å². The predicted octanol–water partition coefficient (Wildman–Crippen LogP) is 3.77. The molecule has 0 aliphatic carbocycles. The van der Waals surface area contributed by atoms with Gasteiger partial charge in [0.1, 0.15) is 17.4 Å². The second kappa shape index (κ2) is 15.6. The standard InChI is InChI=1S/C31H37F2N3O6S/c1-5-9-42-36-20(2)23-14-24(16-28(15-23)43(4,39)40)31(38)35-29(13-22-10-25(32)17-26(33)11-22)30(37)19-34-18-21-7-6-8-27(12-21)41-3/h6-8,10-12,14-17,29-30,34,36-37H,2,5,9,13,18-19H2,1,3-4H3,(H,35,38)/t29-,30+/m0/s1. The summed E-state index contributed by atoms with van der Waals surface area (Å²) < 4.78 is 58.0. The van der Waals surface area contributed by atoms with Crippen molar-refractivity contribution in [2.75, 3.05) is 26.5 Å². The molecule has 0 aliphatic rings. The average Bonchev–Trinajstić information content (AvgIpc) is 2.95. The molecule has 232 valence electrons. The number of sulfone groups is 1. The quantitative estimate of drug-likeness (QED) is 0.141. The number of ether oxygens (including phenoxy) is 1. The summed E-state index contributed by atoms with van der Waals surface area (Å²) in [6.07, 6.45) is 0.430. The lowest BCUT2D eigenvalue weighted by molar-refractivity contribution is 0.0790. The van der Waals surface area contributed by atoms with Crippen LogP contribution in [0.1, 0.15) is 40.4 Å². The lowest BCUT2D eigenvalue weighted by Gasteiger charge is -2.25. The van der Waals surface area contributed by atoms with Gasteiger partial charge in [0.05, 0.1) is 36.5 Å². The molecule has 0 heterocycles. The lowest BCUT2D eigenvalue weighted by Crippen LogP contribution is -2.48. The van der Waals surface area contributed by atoms with Crippen molar-refractivity contribution >= 4 is 21.4 Å². The first kappa shape index (κ1) is 33.7. The maximum atomic E-state index is 14.0. The van der Waals surface area contributed by atoms with Gasteiger partial charge in [0.2, 0.25) is 0 Å². The van der Waals surface area contributed by atoms with Gasteiger partial charge >= 0.3 is 0 Å². The fraction of sp³-hybridized carbons (Fsp3) is 0.323. The van der Waals surface area contributed by atoms with Crippen LogP contribution < -0.4 is 20.9 Å². The third-order valence-electron chi connectivity index (χ3n) is 6.42. The number of aliphatic hydroxyl groups is 1. The lowest BCUT2D eigenvalue weighted by atomic mass is 9.99. The highest BCUT2D eigenvalue weighted by molar-refractivity contribution is 7.90. The Morgan fingerprint density at radius 3 is 2.37 bits per heavy atom. The van der Waals surface area contributed by atoms with Crippen molar-refractivity contribution in [2.24, 2.45) is 0 Å². The van der Waals surface area contributed by atoms with Gasteiger partial charge in [-0.2, -0.15) is 0 Å². The van der Waals surface area contributed by atoms with Crippen LogP contribution in [0.3, 0.4) is 0 Å². The second-order valence-corrected chi connectivity index (χ2v) is 12.1. The zero-order chi connectivity index (χ0) is 31.6. The predicted molar refractivity (Wildman–Crippen MR) is 160 cm³/mol. The molecule has 3 aromatic rings. The molecule has 3 aromatic carbocycles. The fourth-order valence-corrected chi connectivity index (χ4v) is 4.91. The summed E-state index contributed by atoms with van der Waals surface area (Å²) in [5.41, 5.74) is 4.26. The van der Waals surface area contributed by atoms with Crippen molar-refractivity contribution in [1.82, 2.24) is 16.1 Å². The molecule has 0 spiro atoms. The Morgan fingerprint density at radius 2 is 1.72 bits per heavy atom. The van der Waals surface area contributed by atoms with Gasteiger partial charge in [-0.3, -0.25) is 15.1 Å². The molecular weight excluding hydrogens is 580 g/mol. The molecule has 0 unspecified atom stereocenters. The normalized spacial score (nSPS) is 12.8. The van der Waals surface area contributed by atoms with E-state index in [1.165, 1.54) is 18.2 Å². The molecule has 4 N–H and O–H groups in total. The smallest absolute Gasteiger partial charge is 0.251 e. The van der Waals surface area contributed by atoms with E-state index in [0.29, 0.717) is 24.5 Å². The van der Waals surface area contributed by atoms with Gasteiger partial charge < -0.3 is 20.5 Å². The summed E-state index contributed by atoms with van der Waals surface area (Å²) in [6.45, 7) is 6.54. The first-order valence-electron chi connectivity index (χ1n) is 13.6. The third kappa shape index (κ3) is 10.4. The Hall–Kier alpha value is -3.84. The zero-order valence-corrected chi connectivity index (χ0v) is 25.1. The van der Waals surface area contributed by atoms with Crippen molar-refractivity contribution in [1.29, 1.82) is 0 Å². The number of rotatable bonds is 16. The largest absolute Gasteiger partial charge is 0.497 e. The Bertz CT molecular complexity index is 1510. The first-order chi connectivity index (χ1) is 20.4. The molecule has 12 heteroatoms. The van der Waals surface area contributed by atoms with Gasteiger partial charge in [-0.05, 0) is 66.4 Å². The van der Waals surface area contributed by atoms with Crippen molar-refractivity contribution in [3.63, 3.8) is 0 Å². The van der Waals surface area contributed by atoms with Gasteiger partial charge in [0.15, 0.2) is 9.84 Å². The second-order valence-electron chi connectivity index (χ2n) is 10.1. The van der Waals surface area contributed by atoms with Crippen LogP contribution in [0.4, 0.5) is 8.78 Å². The number of halogens is 2. The molecular formula is C31H37F2N3O6S. The number of hydrogen-bond acceptors (Lipinski definition) is 8. The number of benzene rings is 3. The van der Waals surface area contributed by atoms with Gasteiger partial charge in [-0.15, -0.1) is 0 Å². The minimum atomic E-state index is -3.73. The Labute approximate surface area is 250 Å². The molecule has 43 heavy (non-hydrogen) atoms. The van der Waals surface area contributed by atoms with Crippen molar-refractivity contribution < 1.29 is 36.7 Å². The molecule has 3 rings (SSSR count). The summed E-state index contributed by atoms with van der Waals surface area (Å²) in [4.78, 5) is 18.6. The number of nitrogens with one attached hydrogen (secondary N) is 3. The Kier molecular flexibility index (Phi) is 12.2. The van der Waals surface area contributed by atoms with Crippen LogP contribution >= 0.6 is 0 Å². The van der Waals surface area contributed by atoms with E-state index >= 15 is 0 Å². The average molecular weight is 618 g/mol. The van der Waals surface area contributed by atoms with Crippen LogP contribution in [0, 0.1) is 11.6 Å². The van der Waals surface area contributed by atoms with E-state index in [-0.39, 0.29) is 34.7 Å². The Balaban J connectivity index is 1.86. The number of hydrogen-bond donors (Lipinski definition) is 4. The fourth-order valence-electron chi connectivity index (χ4n) is 4.22. The Morgan fingerprint density at radius 1 is 1.02 bits per heavy atom. The van der Waals surface area contributed by atoms with Crippen molar-refractivity contribution in [3.8, 4) is 5.75 Å². The number of hydroxylamine groups is 1. The van der Waals surface area contributed by atoms with E-state index in [2.05, 4.69) is 22.7 Å². The summed E-state index contributed by atoms with van der Waals surface area (Å²) in [6, 6.07) is 13.3. The highest BCUT2D eigenvalue weighted by Gasteiger charge is 2.24. The number of methoxy groups -OCH3 is 1. The number of carbonyl (C=O) groups is 1. The topological polar surface area (TPSA) is 126 Å². The molecule has 0 radical (unpaired) electrons. The molecule has 0 saturated heterocycles. The van der Waals surface area contributed by atoms with E-state index < -0.39 is 39.5 Å². The molecule has 0 aliphatic heterocycles. The third-order valence-corrected chi connectivity index (χ3v) is 7.51. The molecule has 0 fully saturated rings. The van der Waals surface area contributed by atoms with Crippen LogP contribution in [0.5, 0.6) is 5.75 Å². The van der Waals surface area contributed by atoms with Crippen molar-refractivity contribution in [3.05, 3.63) is 101 Å². The highest BCUT2D eigenvalue weighted by atomic mass is 32.2. The molecule has 2 atom stereocenters. The summed E-state index contributed by atoms with van der Waals surface area (Å²) in [5, 5.41) is 16.9. The highest BCUT2D eigenvalue weighted by Crippen LogP contribution is 2.21. The van der Waals surface area contributed by atoms with Gasteiger partial charge in [-0.1, -0.05) is 25.6 Å². The van der Waals surface area contributed by atoms with Gasteiger partial charge in [0, 0.05) is 36.5 Å². The molecule has 9 nitrogen and oxygen atoms in total. The van der Waals surface area contributed by atoms with Crippen LogP contribution in [0.25, 0.3) is 5.70 Å². The molecule has 0 saturated carbocycles. The molecule has 0 bridgehead atoms. The van der Waals surface area contributed by atoms with Crippen LogP contribution in [0.15, 0.2) is 72.1 Å². The minimum absolute atomic E-state index is 0.0179. The molecule has 1 amide bonds. The van der Waals surface area contributed by atoms with E-state index in [4.69, 9.17) is 9.57 Å². The summed E-state index contributed by atoms with van der Waals surface area (Å²) in [5.74, 6) is -1.63. The van der Waals surface area contributed by atoms with Gasteiger partial charge in [0.25, 0.3) is 5.91 Å². The van der Waals surface area contributed by atoms with Crippen LogP contribution in [-0.4, -0.2) is 58.1 Å². The minimum Gasteiger partial charge on any atom is -0.497 e. The maximum Gasteiger partial charge on any atom is 0.251 e. The SMILES string of the molecule is C=C(NOCCC)c1cc(C(=O)N[C@@H](Cc2cc(F)cc(F)c2)[C@H](O)CNCc2cccc(OC)c2)cc(S(C)(=O)=O)c1. The van der Waals surface area contributed by atoms with E-state index in [1.54, 1.807) is 13.2 Å². The van der Waals surface area contributed by atoms with E-state index in [9.17, 15) is 27.1 Å². The molecule has 0 aromatic heterocycles. The summed E-state index contributed by atoms with van der Waals surface area (Å²) >= 11 is 0. The number of aliphatic hydroxyl groups excluding tert-OH is 1. The zero-order valence-electron chi connectivity index (χ0n) is 24.3. The maximum absolute atomic E-state index is 14.0. The van der Waals surface area contributed by atoms with Gasteiger partial charge in [-0.25, -0.2) is 17.2 Å². The first-order valence-corrected chi connectivity index (χ1v) is 15.5. The number of amides is 1.